The average Bonchev–Trinajstić information content (AvgIpc) is 2.21. The molecule has 0 saturated carbocycles. The Labute approximate surface area is 104 Å². The van der Waals surface area contributed by atoms with Crippen molar-refractivity contribution in [1.29, 1.82) is 0 Å². The van der Waals surface area contributed by atoms with Crippen LogP contribution in [0.1, 0.15) is 18.2 Å². The summed E-state index contributed by atoms with van der Waals surface area (Å²) in [7, 11) is 0. The summed E-state index contributed by atoms with van der Waals surface area (Å²) in [5.74, 6) is -1.35. The van der Waals surface area contributed by atoms with E-state index in [1.807, 2.05) is 10.3 Å². The second-order valence-corrected chi connectivity index (χ2v) is 4.15. The van der Waals surface area contributed by atoms with E-state index in [1.165, 1.54) is 6.92 Å². The molecular weight excluding hydrogens is 275 g/mol. The van der Waals surface area contributed by atoms with E-state index in [4.69, 9.17) is 11.6 Å². The largest absolute Gasteiger partial charge is 0.433 e. The fourth-order valence-electron chi connectivity index (χ4n) is 1.08. The number of hydrogen-bond donors (Lipinski definition) is 2. The van der Waals surface area contributed by atoms with Gasteiger partial charge in [-0.2, -0.15) is 13.2 Å². The molecule has 0 spiro atoms. The van der Waals surface area contributed by atoms with Gasteiger partial charge in [0.1, 0.15) is 5.38 Å². The number of alkyl halides is 4. The second-order valence-electron chi connectivity index (χ2n) is 3.49. The molecule has 1 heterocycles. The van der Waals surface area contributed by atoms with Crippen molar-refractivity contribution in [3.8, 4) is 0 Å². The predicted molar refractivity (Wildman–Crippen MR) is 58.5 cm³/mol. The van der Waals surface area contributed by atoms with Gasteiger partial charge in [0.15, 0.2) is 5.69 Å². The molecule has 1 aromatic rings. The first-order valence-corrected chi connectivity index (χ1v) is 5.19. The van der Waals surface area contributed by atoms with Gasteiger partial charge in [-0.05, 0) is 13.8 Å². The lowest BCUT2D eigenvalue weighted by atomic mass is 10.2. The van der Waals surface area contributed by atoms with Crippen LogP contribution in [0.3, 0.4) is 0 Å². The fraction of sp³-hybridized carbons (Fsp3) is 0.444. The van der Waals surface area contributed by atoms with Crippen molar-refractivity contribution in [2.75, 3.05) is 5.32 Å². The molecule has 0 radical (unpaired) electrons. The molecule has 1 unspecified atom stereocenters. The number of aromatic nitrogens is 2. The topological polar surface area (TPSA) is 74.8 Å². The van der Waals surface area contributed by atoms with Gasteiger partial charge in [-0.3, -0.25) is 19.9 Å². The maximum absolute atomic E-state index is 12.6. The minimum atomic E-state index is -4.77. The van der Waals surface area contributed by atoms with E-state index < -0.39 is 40.2 Å². The molecule has 0 aliphatic carbocycles. The third kappa shape index (κ3) is 3.22. The van der Waals surface area contributed by atoms with Crippen molar-refractivity contribution in [1.82, 2.24) is 9.97 Å². The number of halogens is 4. The van der Waals surface area contributed by atoms with Gasteiger partial charge in [-0.1, -0.05) is 0 Å². The molecule has 1 aromatic heterocycles. The zero-order valence-electron chi connectivity index (χ0n) is 9.35. The molecular formula is C9H9ClF3N3O2. The lowest BCUT2D eigenvalue weighted by Gasteiger charge is -2.11. The van der Waals surface area contributed by atoms with Crippen LogP contribution in [0.4, 0.5) is 19.1 Å². The molecule has 1 amide bonds. The third-order valence-corrected chi connectivity index (χ3v) is 2.22. The zero-order valence-corrected chi connectivity index (χ0v) is 10.1. The van der Waals surface area contributed by atoms with Crippen molar-refractivity contribution >= 4 is 23.5 Å². The lowest BCUT2D eigenvalue weighted by molar-refractivity contribution is -0.141. The Morgan fingerprint density at radius 1 is 1.50 bits per heavy atom. The summed E-state index contributed by atoms with van der Waals surface area (Å²) in [6.45, 7) is 2.32. The van der Waals surface area contributed by atoms with Gasteiger partial charge in [0, 0.05) is 5.56 Å². The Balaban J connectivity index is 3.22. The highest BCUT2D eigenvalue weighted by Crippen LogP contribution is 2.29. The van der Waals surface area contributed by atoms with Crippen molar-refractivity contribution in [2.45, 2.75) is 25.4 Å². The number of anilines is 1. The predicted octanol–water partition coefficient (Wildman–Crippen LogP) is 1.66. The summed E-state index contributed by atoms with van der Waals surface area (Å²) in [6.07, 6.45) is -4.77. The number of hydrogen-bond acceptors (Lipinski definition) is 3. The first kappa shape index (κ1) is 14.5. The molecule has 0 bridgehead atoms. The standard InChI is InChI=1S/C9H9ClF3N3O2/c1-3-5(9(11,12)13)14-8(15-6(3)17)16-7(18)4(2)10/h4H,1-2H3,(H2,14,15,16,17,18). The minimum absolute atomic E-state index is 0.570. The molecule has 0 fully saturated rings. The smallest absolute Gasteiger partial charge is 0.295 e. The summed E-state index contributed by atoms with van der Waals surface area (Å²) in [5.41, 5.74) is -2.89. The molecule has 1 atom stereocenters. The van der Waals surface area contributed by atoms with E-state index in [0.29, 0.717) is 0 Å². The Bertz CT molecular complexity index is 525. The maximum Gasteiger partial charge on any atom is 0.433 e. The maximum atomic E-state index is 12.6. The Hall–Kier alpha value is -1.57. The van der Waals surface area contributed by atoms with E-state index in [-0.39, 0.29) is 0 Å². The van der Waals surface area contributed by atoms with Crippen LogP contribution < -0.4 is 10.9 Å². The molecule has 0 aliphatic rings. The highest BCUT2D eigenvalue weighted by atomic mass is 35.5. The normalized spacial score (nSPS) is 13.2. The van der Waals surface area contributed by atoms with E-state index in [9.17, 15) is 22.8 Å². The van der Waals surface area contributed by atoms with Gasteiger partial charge in [0.2, 0.25) is 11.9 Å². The van der Waals surface area contributed by atoms with Crippen LogP contribution in [-0.2, 0) is 11.0 Å². The summed E-state index contributed by atoms with van der Waals surface area (Å²) >= 11 is 5.42. The van der Waals surface area contributed by atoms with Crippen LogP contribution in [-0.4, -0.2) is 21.3 Å². The molecule has 9 heteroatoms. The Morgan fingerprint density at radius 3 is 2.50 bits per heavy atom. The van der Waals surface area contributed by atoms with Crippen LogP contribution >= 0.6 is 11.6 Å². The Morgan fingerprint density at radius 2 is 2.06 bits per heavy atom. The number of aromatic amines is 1. The molecule has 18 heavy (non-hydrogen) atoms. The first-order valence-electron chi connectivity index (χ1n) is 4.76. The van der Waals surface area contributed by atoms with Crippen molar-refractivity contribution in [3.05, 3.63) is 21.6 Å². The van der Waals surface area contributed by atoms with Crippen LogP contribution in [0.2, 0.25) is 0 Å². The van der Waals surface area contributed by atoms with Crippen LogP contribution in [0.15, 0.2) is 4.79 Å². The van der Waals surface area contributed by atoms with Gasteiger partial charge in [-0.15, -0.1) is 11.6 Å². The summed E-state index contributed by atoms with van der Waals surface area (Å²) in [6, 6.07) is 0. The number of H-pyrrole nitrogens is 1. The monoisotopic (exact) mass is 283 g/mol. The van der Waals surface area contributed by atoms with E-state index >= 15 is 0 Å². The molecule has 1 rings (SSSR count). The second kappa shape index (κ2) is 4.97. The molecule has 2 N–H and O–H groups in total. The van der Waals surface area contributed by atoms with Crippen LogP contribution in [0, 0.1) is 6.92 Å². The summed E-state index contributed by atoms with van der Waals surface area (Å²) in [5, 5.41) is 1.02. The number of carbonyl (C=O) groups excluding carboxylic acids is 1. The quantitative estimate of drug-likeness (QED) is 0.811. The minimum Gasteiger partial charge on any atom is -0.295 e. The zero-order chi connectivity index (χ0) is 14.1. The lowest BCUT2D eigenvalue weighted by Crippen LogP contribution is -2.27. The molecule has 0 aromatic carbocycles. The molecule has 0 aliphatic heterocycles. The number of amides is 1. The number of nitrogens with zero attached hydrogens (tertiary/aromatic N) is 1. The molecule has 0 saturated heterocycles. The molecule has 5 nitrogen and oxygen atoms in total. The summed E-state index contributed by atoms with van der Waals surface area (Å²) in [4.78, 5) is 27.6. The average molecular weight is 284 g/mol. The van der Waals surface area contributed by atoms with Crippen molar-refractivity contribution in [3.63, 3.8) is 0 Å². The number of nitrogens with one attached hydrogen (secondary N) is 2. The number of carbonyl (C=O) groups is 1. The first-order chi connectivity index (χ1) is 8.12. The van der Waals surface area contributed by atoms with E-state index in [2.05, 4.69) is 4.98 Å². The van der Waals surface area contributed by atoms with E-state index in [1.54, 1.807) is 0 Å². The van der Waals surface area contributed by atoms with Gasteiger partial charge in [0.25, 0.3) is 5.56 Å². The van der Waals surface area contributed by atoms with Crippen LogP contribution in [0.5, 0.6) is 0 Å². The fourth-order valence-corrected chi connectivity index (χ4v) is 1.14. The van der Waals surface area contributed by atoms with Crippen molar-refractivity contribution < 1.29 is 18.0 Å². The van der Waals surface area contributed by atoms with Gasteiger partial charge < -0.3 is 0 Å². The molecule has 100 valence electrons. The third-order valence-electron chi connectivity index (χ3n) is 2.02. The number of rotatable bonds is 2. The summed E-state index contributed by atoms with van der Waals surface area (Å²) < 4.78 is 37.7. The SMILES string of the molecule is Cc1c(C(F)(F)F)nc(NC(=O)C(C)Cl)[nH]c1=O. The van der Waals surface area contributed by atoms with E-state index in [0.717, 1.165) is 6.92 Å². The van der Waals surface area contributed by atoms with Crippen LogP contribution in [0.25, 0.3) is 0 Å². The van der Waals surface area contributed by atoms with Gasteiger partial charge in [0.05, 0.1) is 0 Å². The highest BCUT2D eigenvalue weighted by Gasteiger charge is 2.36. The van der Waals surface area contributed by atoms with Crippen molar-refractivity contribution in [2.24, 2.45) is 0 Å². The van der Waals surface area contributed by atoms with Gasteiger partial charge in [-0.25, -0.2) is 4.98 Å². The van der Waals surface area contributed by atoms with Gasteiger partial charge >= 0.3 is 6.18 Å². The highest BCUT2D eigenvalue weighted by molar-refractivity contribution is 6.32. The Kier molecular flexibility index (Phi) is 4.00.